The van der Waals surface area contributed by atoms with E-state index in [1.54, 1.807) is 13.8 Å². The Labute approximate surface area is 131 Å². The van der Waals surface area contributed by atoms with Crippen LogP contribution in [0.25, 0.3) is 0 Å². The van der Waals surface area contributed by atoms with Gasteiger partial charge in [-0.15, -0.1) is 0 Å². The average Bonchev–Trinajstić information content (AvgIpc) is 2.36. The molecule has 1 aliphatic rings. The predicted molar refractivity (Wildman–Crippen MR) is 79.8 cm³/mol. The lowest BCUT2D eigenvalue weighted by Gasteiger charge is -2.44. The number of rotatable bonds is 8. The Kier molecular flexibility index (Phi) is 6.90. The van der Waals surface area contributed by atoms with Gasteiger partial charge in [-0.25, -0.2) is 4.84 Å². The molecule has 1 fully saturated rings. The molecule has 0 aliphatic carbocycles. The molecule has 6 nitrogen and oxygen atoms in total. The van der Waals surface area contributed by atoms with E-state index in [9.17, 15) is 9.59 Å². The molecule has 0 aromatic rings. The fourth-order valence-electron chi connectivity index (χ4n) is 2.49. The van der Waals surface area contributed by atoms with Crippen molar-refractivity contribution < 1.29 is 19.1 Å². The predicted octanol–water partition coefficient (Wildman–Crippen LogP) is 1.33. The van der Waals surface area contributed by atoms with Gasteiger partial charge < -0.3 is 9.47 Å². The molecule has 0 spiro atoms. The van der Waals surface area contributed by atoms with E-state index in [-0.39, 0.29) is 18.0 Å². The van der Waals surface area contributed by atoms with E-state index in [1.807, 2.05) is 18.7 Å². The van der Waals surface area contributed by atoms with E-state index in [1.165, 1.54) is 0 Å². The first-order valence-electron chi connectivity index (χ1n) is 7.30. The molecule has 1 rings (SSSR count). The van der Waals surface area contributed by atoms with Crippen molar-refractivity contribution >= 4 is 23.7 Å². The summed E-state index contributed by atoms with van der Waals surface area (Å²) < 4.78 is 10.1. The first-order valence-corrected chi connectivity index (χ1v) is 7.68. The molecule has 1 unspecified atom stereocenters. The maximum Gasteiger partial charge on any atom is 0.324 e. The lowest BCUT2D eigenvalue weighted by Crippen LogP contribution is -2.59. The fourth-order valence-corrected chi connectivity index (χ4v) is 2.87. The summed E-state index contributed by atoms with van der Waals surface area (Å²) >= 11 is 5.72. The second-order valence-corrected chi connectivity index (χ2v) is 6.03. The van der Waals surface area contributed by atoms with E-state index in [4.69, 9.17) is 21.3 Å². The van der Waals surface area contributed by atoms with Crippen molar-refractivity contribution in [3.63, 3.8) is 0 Å². The molecule has 0 amide bonds. The van der Waals surface area contributed by atoms with Gasteiger partial charge in [0.2, 0.25) is 0 Å². The standard InChI is InChI=1S/C14H25ClN2O4/c1-5-20-12(18)10-7-8-17(10)9-14(3,4)11(16-15)13(19)21-6-2/h10-11,16H,5-9H2,1-4H3/t10?,11-/m1/s1. The summed E-state index contributed by atoms with van der Waals surface area (Å²) in [6.45, 7) is 9.43. The average molecular weight is 321 g/mol. The molecule has 0 aromatic heterocycles. The molecule has 0 aromatic carbocycles. The number of likely N-dealkylation sites (tertiary alicyclic amines) is 1. The molecule has 0 bridgehead atoms. The largest absolute Gasteiger partial charge is 0.465 e. The molecule has 21 heavy (non-hydrogen) atoms. The summed E-state index contributed by atoms with van der Waals surface area (Å²) in [5, 5.41) is 0. The number of hydrogen-bond acceptors (Lipinski definition) is 6. The third-order valence-corrected chi connectivity index (χ3v) is 3.93. The lowest BCUT2D eigenvalue weighted by molar-refractivity contribution is -0.156. The van der Waals surface area contributed by atoms with E-state index in [0.29, 0.717) is 19.8 Å². The van der Waals surface area contributed by atoms with Crippen molar-refractivity contribution in [2.75, 3.05) is 26.3 Å². The zero-order valence-corrected chi connectivity index (χ0v) is 13.9. The van der Waals surface area contributed by atoms with Crippen LogP contribution in [0.2, 0.25) is 0 Å². The molecule has 1 aliphatic heterocycles. The SMILES string of the molecule is CCOC(=O)C1CCN1CC(C)(C)[C@H](NCl)C(=O)OCC. The number of carbonyl (C=O) groups excluding carboxylic acids is 2. The van der Waals surface area contributed by atoms with Gasteiger partial charge in [0.1, 0.15) is 12.1 Å². The summed E-state index contributed by atoms with van der Waals surface area (Å²) in [5.74, 6) is -0.586. The van der Waals surface area contributed by atoms with Crippen LogP contribution in [0.4, 0.5) is 0 Å². The quantitative estimate of drug-likeness (QED) is 0.537. The zero-order chi connectivity index (χ0) is 16.0. The number of hydrogen-bond donors (Lipinski definition) is 1. The normalized spacial score (nSPS) is 20.5. The molecule has 7 heteroatoms. The highest BCUT2D eigenvalue weighted by Crippen LogP contribution is 2.29. The number of esters is 2. The van der Waals surface area contributed by atoms with Crippen molar-refractivity contribution in [1.82, 2.24) is 9.74 Å². The zero-order valence-electron chi connectivity index (χ0n) is 13.1. The Morgan fingerprint density at radius 2 is 1.95 bits per heavy atom. The first-order chi connectivity index (χ1) is 9.87. The minimum Gasteiger partial charge on any atom is -0.465 e. The van der Waals surface area contributed by atoms with E-state index < -0.39 is 11.5 Å². The molecular formula is C14H25ClN2O4. The van der Waals surface area contributed by atoms with Gasteiger partial charge in [0.25, 0.3) is 0 Å². The van der Waals surface area contributed by atoms with Gasteiger partial charge in [-0.3, -0.25) is 14.5 Å². The van der Waals surface area contributed by atoms with Crippen LogP contribution in [-0.4, -0.2) is 55.2 Å². The number of nitrogens with zero attached hydrogens (tertiary/aromatic N) is 1. The van der Waals surface area contributed by atoms with E-state index in [0.717, 1.165) is 13.0 Å². The topological polar surface area (TPSA) is 67.9 Å². The smallest absolute Gasteiger partial charge is 0.324 e. The number of nitrogens with one attached hydrogen (secondary N) is 1. The Hall–Kier alpha value is -0.850. The minimum atomic E-state index is -0.637. The highest BCUT2D eigenvalue weighted by molar-refractivity contribution is 6.15. The molecule has 1 N–H and O–H groups in total. The minimum absolute atomic E-state index is 0.203. The van der Waals surface area contributed by atoms with Gasteiger partial charge in [-0.2, -0.15) is 0 Å². The number of ether oxygens (including phenoxy) is 2. The second kappa shape index (κ2) is 7.96. The van der Waals surface area contributed by atoms with Gasteiger partial charge in [0.05, 0.1) is 13.2 Å². The third-order valence-electron chi connectivity index (χ3n) is 3.71. The van der Waals surface area contributed by atoms with E-state index >= 15 is 0 Å². The maximum absolute atomic E-state index is 11.9. The number of carbonyl (C=O) groups is 2. The molecule has 1 saturated heterocycles. The van der Waals surface area contributed by atoms with Crippen molar-refractivity contribution in [1.29, 1.82) is 0 Å². The highest BCUT2D eigenvalue weighted by atomic mass is 35.5. The molecular weight excluding hydrogens is 296 g/mol. The van der Waals surface area contributed by atoms with Crippen LogP contribution in [-0.2, 0) is 19.1 Å². The van der Waals surface area contributed by atoms with Crippen LogP contribution in [0.15, 0.2) is 0 Å². The molecule has 2 atom stereocenters. The fraction of sp³-hybridized carbons (Fsp3) is 0.857. The number of halogens is 1. The Balaban J connectivity index is 2.66. The Morgan fingerprint density at radius 1 is 1.33 bits per heavy atom. The Bertz CT molecular complexity index is 376. The van der Waals surface area contributed by atoms with Gasteiger partial charge in [-0.1, -0.05) is 13.8 Å². The maximum atomic E-state index is 11.9. The van der Waals surface area contributed by atoms with Crippen molar-refractivity contribution in [2.24, 2.45) is 5.41 Å². The van der Waals surface area contributed by atoms with Crippen LogP contribution < -0.4 is 4.84 Å². The summed E-state index contributed by atoms with van der Waals surface area (Å²) in [4.78, 5) is 28.3. The second-order valence-electron chi connectivity index (χ2n) is 5.81. The van der Waals surface area contributed by atoms with Gasteiger partial charge in [-0.05, 0) is 32.0 Å². The Morgan fingerprint density at radius 3 is 2.38 bits per heavy atom. The van der Waals surface area contributed by atoms with Crippen molar-refractivity contribution in [3.8, 4) is 0 Å². The summed E-state index contributed by atoms with van der Waals surface area (Å²) in [5.41, 5.74) is -0.473. The monoisotopic (exact) mass is 320 g/mol. The van der Waals surface area contributed by atoms with Crippen molar-refractivity contribution in [3.05, 3.63) is 0 Å². The summed E-state index contributed by atoms with van der Waals surface area (Å²) in [6.07, 6.45) is 0.785. The third kappa shape index (κ3) is 4.56. The first kappa shape index (κ1) is 18.2. The van der Waals surface area contributed by atoms with Crippen LogP contribution >= 0.6 is 11.8 Å². The molecule has 0 radical (unpaired) electrons. The highest BCUT2D eigenvalue weighted by Gasteiger charge is 2.43. The van der Waals surface area contributed by atoms with Crippen LogP contribution in [0, 0.1) is 5.41 Å². The van der Waals surface area contributed by atoms with Gasteiger partial charge >= 0.3 is 11.9 Å². The van der Waals surface area contributed by atoms with Crippen LogP contribution in [0.3, 0.4) is 0 Å². The van der Waals surface area contributed by atoms with Gasteiger partial charge in [0.15, 0.2) is 0 Å². The molecule has 0 saturated carbocycles. The van der Waals surface area contributed by atoms with Gasteiger partial charge in [0, 0.05) is 18.5 Å². The summed E-state index contributed by atoms with van der Waals surface area (Å²) in [6, 6.07) is -0.857. The van der Waals surface area contributed by atoms with Crippen molar-refractivity contribution in [2.45, 2.75) is 46.2 Å². The molecule has 122 valence electrons. The summed E-state index contributed by atoms with van der Waals surface area (Å²) in [7, 11) is 0. The molecule has 1 heterocycles. The lowest BCUT2D eigenvalue weighted by atomic mass is 9.82. The van der Waals surface area contributed by atoms with Crippen LogP contribution in [0.1, 0.15) is 34.1 Å². The van der Waals surface area contributed by atoms with Crippen LogP contribution in [0.5, 0.6) is 0 Å². The van der Waals surface area contributed by atoms with E-state index in [2.05, 4.69) is 4.84 Å².